The molecular formula is C14H19FN2O2. The van der Waals surface area contributed by atoms with Crippen LogP contribution in [0.5, 0.6) is 0 Å². The molecule has 0 aliphatic carbocycles. The zero-order valence-corrected chi connectivity index (χ0v) is 11.0. The lowest BCUT2D eigenvalue weighted by molar-refractivity contribution is -0.125. The van der Waals surface area contributed by atoms with Crippen LogP contribution in [0.25, 0.3) is 0 Å². The number of aryl methyl sites for hydroxylation is 1. The van der Waals surface area contributed by atoms with Crippen LogP contribution in [-0.4, -0.2) is 38.3 Å². The van der Waals surface area contributed by atoms with Crippen molar-refractivity contribution in [3.8, 4) is 0 Å². The molecule has 1 unspecified atom stereocenters. The Balaban J connectivity index is 1.76. The minimum absolute atomic E-state index is 0.0430. The average Bonchev–Trinajstić information content (AvgIpc) is 2.43. The fourth-order valence-electron chi connectivity index (χ4n) is 2.05. The van der Waals surface area contributed by atoms with Crippen LogP contribution in [0.15, 0.2) is 18.2 Å². The fourth-order valence-corrected chi connectivity index (χ4v) is 2.05. The quantitative estimate of drug-likeness (QED) is 0.847. The van der Waals surface area contributed by atoms with E-state index in [4.69, 9.17) is 4.74 Å². The molecule has 4 nitrogen and oxygen atoms in total. The maximum atomic E-state index is 13.1. The van der Waals surface area contributed by atoms with Gasteiger partial charge in [0.1, 0.15) is 11.9 Å². The predicted octanol–water partition coefficient (Wildman–Crippen LogP) is 0.781. The van der Waals surface area contributed by atoms with Crippen molar-refractivity contribution in [3.63, 3.8) is 0 Å². The van der Waals surface area contributed by atoms with Crippen LogP contribution in [-0.2, 0) is 16.0 Å². The van der Waals surface area contributed by atoms with Crippen molar-refractivity contribution in [2.75, 3.05) is 26.3 Å². The molecule has 1 heterocycles. The molecule has 5 heteroatoms. The van der Waals surface area contributed by atoms with E-state index in [1.165, 1.54) is 6.07 Å². The lowest BCUT2D eigenvalue weighted by Crippen LogP contribution is -2.51. The van der Waals surface area contributed by atoms with Gasteiger partial charge in [0, 0.05) is 13.1 Å². The van der Waals surface area contributed by atoms with E-state index in [2.05, 4.69) is 10.6 Å². The number of carbonyl (C=O) groups excluding carboxylic acids is 1. The Morgan fingerprint density at radius 1 is 1.58 bits per heavy atom. The summed E-state index contributed by atoms with van der Waals surface area (Å²) in [7, 11) is 0. The Hall–Kier alpha value is -1.46. The summed E-state index contributed by atoms with van der Waals surface area (Å²) in [5.41, 5.74) is 1.65. The van der Waals surface area contributed by atoms with E-state index in [9.17, 15) is 9.18 Å². The maximum Gasteiger partial charge on any atom is 0.239 e. The smallest absolute Gasteiger partial charge is 0.239 e. The number of halogens is 1. The number of hydrogen-bond acceptors (Lipinski definition) is 3. The Morgan fingerprint density at radius 3 is 3.11 bits per heavy atom. The van der Waals surface area contributed by atoms with Gasteiger partial charge in [0.15, 0.2) is 0 Å². The highest BCUT2D eigenvalue weighted by atomic mass is 19.1. The van der Waals surface area contributed by atoms with E-state index in [0.29, 0.717) is 38.3 Å². The van der Waals surface area contributed by atoms with Crippen molar-refractivity contribution in [2.45, 2.75) is 19.4 Å². The molecule has 1 fully saturated rings. The maximum absolute atomic E-state index is 13.1. The topological polar surface area (TPSA) is 50.4 Å². The van der Waals surface area contributed by atoms with Gasteiger partial charge in [-0.25, -0.2) is 4.39 Å². The number of amides is 1. The second-order valence-electron chi connectivity index (χ2n) is 4.71. The van der Waals surface area contributed by atoms with Crippen LogP contribution >= 0.6 is 0 Å². The van der Waals surface area contributed by atoms with Crippen LogP contribution in [0.1, 0.15) is 11.1 Å². The van der Waals surface area contributed by atoms with Crippen LogP contribution in [0.4, 0.5) is 4.39 Å². The summed E-state index contributed by atoms with van der Waals surface area (Å²) in [5.74, 6) is -0.241. The molecule has 104 valence electrons. The summed E-state index contributed by atoms with van der Waals surface area (Å²) in [6.45, 7) is 4.05. The second kappa shape index (κ2) is 6.63. The Morgan fingerprint density at radius 2 is 2.42 bits per heavy atom. The van der Waals surface area contributed by atoms with Crippen LogP contribution in [0.3, 0.4) is 0 Å². The number of rotatable bonds is 4. The van der Waals surface area contributed by atoms with Crippen molar-refractivity contribution >= 4 is 5.91 Å². The first-order chi connectivity index (χ1) is 9.16. The van der Waals surface area contributed by atoms with Crippen molar-refractivity contribution in [2.24, 2.45) is 0 Å². The summed E-state index contributed by atoms with van der Waals surface area (Å²) < 4.78 is 18.3. The highest BCUT2D eigenvalue weighted by Crippen LogP contribution is 2.09. The molecular weight excluding hydrogens is 247 g/mol. The molecule has 1 aromatic rings. The summed E-state index contributed by atoms with van der Waals surface area (Å²) >= 11 is 0. The van der Waals surface area contributed by atoms with Crippen molar-refractivity contribution in [1.82, 2.24) is 10.6 Å². The summed E-state index contributed by atoms with van der Waals surface area (Å²) in [4.78, 5) is 11.8. The molecule has 0 bridgehead atoms. The molecule has 1 saturated heterocycles. The highest BCUT2D eigenvalue weighted by Gasteiger charge is 2.20. The number of hydrogen-bond donors (Lipinski definition) is 2. The molecule has 1 amide bonds. The van der Waals surface area contributed by atoms with Gasteiger partial charge in [-0.2, -0.15) is 0 Å². The van der Waals surface area contributed by atoms with Gasteiger partial charge in [-0.3, -0.25) is 4.79 Å². The lowest BCUT2D eigenvalue weighted by Gasteiger charge is -2.22. The lowest BCUT2D eigenvalue weighted by atomic mass is 10.1. The third-order valence-electron chi connectivity index (χ3n) is 3.17. The van der Waals surface area contributed by atoms with Crippen molar-refractivity contribution in [3.05, 3.63) is 35.1 Å². The standard InChI is InChI=1S/C14H19FN2O2/c1-10-8-11(2-3-12(10)15)4-5-17-14(18)13-9-19-7-6-16-13/h2-3,8,13,16H,4-7,9H2,1H3,(H,17,18). The van der Waals surface area contributed by atoms with Gasteiger partial charge in [-0.05, 0) is 30.5 Å². The van der Waals surface area contributed by atoms with Crippen molar-refractivity contribution < 1.29 is 13.9 Å². The summed E-state index contributed by atoms with van der Waals surface area (Å²) in [6, 6.07) is 4.76. The number of carbonyl (C=O) groups is 1. The zero-order valence-electron chi connectivity index (χ0n) is 11.0. The second-order valence-corrected chi connectivity index (χ2v) is 4.71. The average molecular weight is 266 g/mol. The minimum Gasteiger partial charge on any atom is -0.378 e. The molecule has 2 N–H and O–H groups in total. The molecule has 1 atom stereocenters. The molecule has 1 aliphatic heterocycles. The molecule has 0 spiro atoms. The molecule has 1 aromatic carbocycles. The fraction of sp³-hybridized carbons (Fsp3) is 0.500. The monoisotopic (exact) mass is 266 g/mol. The first kappa shape index (κ1) is 14.0. The van der Waals surface area contributed by atoms with Gasteiger partial charge in [-0.15, -0.1) is 0 Å². The normalized spacial score (nSPS) is 19.2. The Labute approximate surface area is 112 Å². The van der Waals surface area contributed by atoms with E-state index < -0.39 is 0 Å². The van der Waals surface area contributed by atoms with Gasteiger partial charge in [-0.1, -0.05) is 12.1 Å². The summed E-state index contributed by atoms with van der Waals surface area (Å²) in [6.07, 6.45) is 0.695. The van der Waals surface area contributed by atoms with Gasteiger partial charge >= 0.3 is 0 Å². The van der Waals surface area contributed by atoms with E-state index in [1.54, 1.807) is 13.0 Å². The molecule has 0 aromatic heterocycles. The van der Waals surface area contributed by atoms with Gasteiger partial charge in [0.05, 0.1) is 13.2 Å². The SMILES string of the molecule is Cc1cc(CCNC(=O)C2COCCN2)ccc1F. The van der Waals surface area contributed by atoms with Crippen LogP contribution < -0.4 is 10.6 Å². The molecule has 0 saturated carbocycles. The van der Waals surface area contributed by atoms with Gasteiger partial charge < -0.3 is 15.4 Å². The van der Waals surface area contributed by atoms with E-state index in [0.717, 1.165) is 5.56 Å². The van der Waals surface area contributed by atoms with Crippen LogP contribution in [0, 0.1) is 12.7 Å². The number of benzene rings is 1. The molecule has 19 heavy (non-hydrogen) atoms. The highest BCUT2D eigenvalue weighted by molar-refractivity contribution is 5.81. The first-order valence-electron chi connectivity index (χ1n) is 6.50. The largest absolute Gasteiger partial charge is 0.378 e. The van der Waals surface area contributed by atoms with Gasteiger partial charge in [0.2, 0.25) is 5.91 Å². The van der Waals surface area contributed by atoms with Crippen molar-refractivity contribution in [1.29, 1.82) is 0 Å². The predicted molar refractivity (Wildman–Crippen MR) is 70.5 cm³/mol. The zero-order chi connectivity index (χ0) is 13.7. The third-order valence-corrected chi connectivity index (χ3v) is 3.17. The number of nitrogens with one attached hydrogen (secondary N) is 2. The Bertz CT molecular complexity index is 445. The molecule has 1 aliphatic rings. The Kier molecular flexibility index (Phi) is 4.87. The minimum atomic E-state index is -0.260. The molecule has 2 rings (SSSR count). The van der Waals surface area contributed by atoms with E-state index in [1.807, 2.05) is 6.07 Å². The first-order valence-corrected chi connectivity index (χ1v) is 6.50. The third kappa shape index (κ3) is 4.01. The number of morpholine rings is 1. The number of ether oxygens (including phenoxy) is 1. The summed E-state index contributed by atoms with van der Waals surface area (Å²) in [5, 5.41) is 5.96. The van der Waals surface area contributed by atoms with E-state index >= 15 is 0 Å². The van der Waals surface area contributed by atoms with Crippen LogP contribution in [0.2, 0.25) is 0 Å². The molecule has 0 radical (unpaired) electrons. The van der Waals surface area contributed by atoms with Gasteiger partial charge in [0.25, 0.3) is 0 Å². The van der Waals surface area contributed by atoms with E-state index in [-0.39, 0.29) is 17.8 Å².